The van der Waals surface area contributed by atoms with E-state index < -0.39 is 0 Å². The smallest absolute Gasteiger partial charge is 0.226 e. The summed E-state index contributed by atoms with van der Waals surface area (Å²) in [6.45, 7) is 6.30. The van der Waals surface area contributed by atoms with Crippen molar-refractivity contribution in [1.82, 2.24) is 4.90 Å². The minimum absolute atomic E-state index is 0. The normalized spacial score (nSPS) is 40.9. The van der Waals surface area contributed by atoms with E-state index in [9.17, 15) is 4.79 Å². The fraction of sp³-hybridized carbons (Fsp3) is 0.929. The van der Waals surface area contributed by atoms with Crippen LogP contribution in [-0.2, 0) is 4.79 Å². The Hall–Kier alpha value is -0.280. The van der Waals surface area contributed by atoms with E-state index >= 15 is 0 Å². The summed E-state index contributed by atoms with van der Waals surface area (Å²) in [5.74, 6) is 1.95. The fourth-order valence-electron chi connectivity index (χ4n) is 3.81. The molecule has 1 heterocycles. The average molecular weight is 273 g/mol. The Labute approximate surface area is 116 Å². The summed E-state index contributed by atoms with van der Waals surface area (Å²) in [7, 11) is 0. The van der Waals surface area contributed by atoms with Gasteiger partial charge in [0.2, 0.25) is 5.91 Å². The Bertz CT molecular complexity index is 345. The van der Waals surface area contributed by atoms with E-state index in [1.807, 2.05) is 0 Å². The van der Waals surface area contributed by atoms with Gasteiger partial charge in [0.15, 0.2) is 0 Å². The van der Waals surface area contributed by atoms with Crippen molar-refractivity contribution < 1.29 is 4.79 Å². The van der Waals surface area contributed by atoms with Gasteiger partial charge in [0, 0.05) is 25.0 Å². The Balaban J connectivity index is 0.00000120. The van der Waals surface area contributed by atoms with Crippen LogP contribution in [0.5, 0.6) is 0 Å². The topological polar surface area (TPSA) is 46.3 Å². The molecule has 1 amide bonds. The maximum atomic E-state index is 12.4. The second kappa shape index (κ2) is 4.68. The number of hydrogen-bond donors (Lipinski definition) is 1. The maximum Gasteiger partial charge on any atom is 0.226 e. The minimum Gasteiger partial charge on any atom is -0.342 e. The molecule has 2 N–H and O–H groups in total. The SMILES string of the molecule is CC1(C)CC1C(=O)N1CC2CCCC(N)C2C1.Cl. The number of carbonyl (C=O) groups is 1. The zero-order valence-corrected chi connectivity index (χ0v) is 12.2. The highest BCUT2D eigenvalue weighted by atomic mass is 35.5. The van der Waals surface area contributed by atoms with Gasteiger partial charge in [-0.25, -0.2) is 0 Å². The summed E-state index contributed by atoms with van der Waals surface area (Å²) in [6, 6.07) is 0.332. The third-order valence-electron chi connectivity index (χ3n) is 5.28. The van der Waals surface area contributed by atoms with Crippen LogP contribution in [0.25, 0.3) is 0 Å². The maximum absolute atomic E-state index is 12.4. The standard InChI is InChI=1S/C14H24N2O.ClH/c1-14(2)6-11(14)13(17)16-7-9-4-3-5-12(15)10(9)8-16;/h9-12H,3-8,15H2,1-2H3;1H. The molecule has 2 saturated carbocycles. The van der Waals surface area contributed by atoms with Crippen LogP contribution >= 0.6 is 12.4 Å². The van der Waals surface area contributed by atoms with E-state index in [0.29, 0.717) is 29.7 Å². The van der Waals surface area contributed by atoms with Gasteiger partial charge in [0.25, 0.3) is 0 Å². The first-order valence-corrected chi connectivity index (χ1v) is 7.03. The summed E-state index contributed by atoms with van der Waals surface area (Å²) in [6.07, 6.45) is 4.75. The van der Waals surface area contributed by atoms with Gasteiger partial charge in [-0.3, -0.25) is 4.79 Å². The molecule has 4 atom stereocenters. The number of nitrogens with zero attached hydrogens (tertiary/aromatic N) is 1. The zero-order chi connectivity index (χ0) is 12.2. The van der Waals surface area contributed by atoms with Gasteiger partial charge in [-0.05, 0) is 36.5 Å². The Kier molecular flexibility index (Phi) is 3.67. The van der Waals surface area contributed by atoms with Gasteiger partial charge in [0.1, 0.15) is 0 Å². The lowest BCUT2D eigenvalue weighted by Gasteiger charge is -2.29. The van der Waals surface area contributed by atoms with Crippen LogP contribution in [0.3, 0.4) is 0 Å². The van der Waals surface area contributed by atoms with Crippen molar-refractivity contribution in [3.05, 3.63) is 0 Å². The summed E-state index contributed by atoms with van der Waals surface area (Å²) < 4.78 is 0. The molecule has 104 valence electrons. The molecule has 1 saturated heterocycles. The summed E-state index contributed by atoms with van der Waals surface area (Å²) in [5, 5.41) is 0. The fourth-order valence-corrected chi connectivity index (χ4v) is 3.81. The van der Waals surface area contributed by atoms with Crippen LogP contribution < -0.4 is 5.73 Å². The molecule has 3 fully saturated rings. The Morgan fingerprint density at radius 3 is 2.50 bits per heavy atom. The molecule has 3 rings (SSSR count). The highest BCUT2D eigenvalue weighted by Gasteiger charge is 2.53. The molecule has 2 aliphatic carbocycles. The average Bonchev–Trinajstić information content (AvgIpc) is 2.75. The number of likely N-dealkylation sites (tertiary alicyclic amines) is 1. The van der Waals surface area contributed by atoms with Gasteiger partial charge in [0.05, 0.1) is 0 Å². The minimum atomic E-state index is 0. The predicted molar refractivity (Wildman–Crippen MR) is 74.5 cm³/mol. The Morgan fingerprint density at radius 2 is 1.94 bits per heavy atom. The molecule has 3 nitrogen and oxygen atoms in total. The number of carbonyl (C=O) groups excluding carboxylic acids is 1. The first-order chi connectivity index (χ1) is 7.99. The van der Waals surface area contributed by atoms with Crippen LogP contribution in [0.4, 0.5) is 0 Å². The van der Waals surface area contributed by atoms with Crippen LogP contribution in [-0.4, -0.2) is 29.9 Å². The highest BCUT2D eigenvalue weighted by Crippen LogP contribution is 2.53. The lowest BCUT2D eigenvalue weighted by atomic mass is 9.78. The molecule has 0 spiro atoms. The number of rotatable bonds is 1. The molecule has 0 aromatic carbocycles. The van der Waals surface area contributed by atoms with E-state index in [1.165, 1.54) is 12.8 Å². The van der Waals surface area contributed by atoms with Gasteiger partial charge in [-0.2, -0.15) is 0 Å². The quantitative estimate of drug-likeness (QED) is 0.794. The van der Waals surface area contributed by atoms with Crippen molar-refractivity contribution in [1.29, 1.82) is 0 Å². The van der Waals surface area contributed by atoms with Gasteiger partial charge >= 0.3 is 0 Å². The molecule has 18 heavy (non-hydrogen) atoms. The summed E-state index contributed by atoms with van der Waals surface area (Å²) in [4.78, 5) is 14.5. The van der Waals surface area contributed by atoms with Crippen molar-refractivity contribution >= 4 is 18.3 Å². The molecule has 0 aromatic heterocycles. The van der Waals surface area contributed by atoms with E-state index in [1.54, 1.807) is 0 Å². The van der Waals surface area contributed by atoms with Crippen LogP contribution in [0.2, 0.25) is 0 Å². The van der Waals surface area contributed by atoms with E-state index in [2.05, 4.69) is 18.7 Å². The number of fused-ring (bicyclic) bond motifs is 1. The first kappa shape index (κ1) is 14.1. The molecule has 4 unspecified atom stereocenters. The molecular formula is C14H25ClN2O. The van der Waals surface area contributed by atoms with E-state index in [4.69, 9.17) is 5.73 Å². The van der Waals surface area contributed by atoms with Crippen molar-refractivity contribution in [2.24, 2.45) is 28.9 Å². The molecule has 3 aliphatic rings. The summed E-state index contributed by atoms with van der Waals surface area (Å²) in [5.41, 5.74) is 6.45. The molecule has 0 aromatic rings. The number of hydrogen-bond acceptors (Lipinski definition) is 2. The van der Waals surface area contributed by atoms with Gasteiger partial charge < -0.3 is 10.6 Å². The van der Waals surface area contributed by atoms with Crippen molar-refractivity contribution in [2.45, 2.75) is 45.6 Å². The van der Waals surface area contributed by atoms with Gasteiger partial charge in [-0.15, -0.1) is 12.4 Å². The molecule has 1 aliphatic heterocycles. The van der Waals surface area contributed by atoms with E-state index in [0.717, 1.165) is 25.9 Å². The van der Waals surface area contributed by atoms with Crippen molar-refractivity contribution in [2.75, 3.05) is 13.1 Å². The Morgan fingerprint density at radius 1 is 1.28 bits per heavy atom. The van der Waals surface area contributed by atoms with Crippen molar-refractivity contribution in [3.8, 4) is 0 Å². The highest BCUT2D eigenvalue weighted by molar-refractivity contribution is 5.85. The third kappa shape index (κ3) is 2.27. The monoisotopic (exact) mass is 272 g/mol. The predicted octanol–water partition coefficient (Wildman–Crippen LogP) is 2.04. The lowest BCUT2D eigenvalue weighted by Crippen LogP contribution is -2.38. The van der Waals surface area contributed by atoms with E-state index in [-0.39, 0.29) is 17.8 Å². The molecular weight excluding hydrogens is 248 g/mol. The number of halogens is 1. The second-order valence-electron chi connectivity index (χ2n) is 7.01. The second-order valence-corrected chi connectivity index (χ2v) is 7.01. The van der Waals surface area contributed by atoms with Crippen molar-refractivity contribution in [3.63, 3.8) is 0 Å². The number of nitrogens with two attached hydrogens (primary N) is 1. The third-order valence-corrected chi connectivity index (χ3v) is 5.28. The van der Waals surface area contributed by atoms with Crippen LogP contribution in [0.1, 0.15) is 39.5 Å². The molecule has 4 heteroatoms. The largest absolute Gasteiger partial charge is 0.342 e. The number of amides is 1. The summed E-state index contributed by atoms with van der Waals surface area (Å²) >= 11 is 0. The van der Waals surface area contributed by atoms with Gasteiger partial charge in [-0.1, -0.05) is 20.3 Å². The van der Waals surface area contributed by atoms with Crippen LogP contribution in [0.15, 0.2) is 0 Å². The molecule has 0 radical (unpaired) electrons. The van der Waals surface area contributed by atoms with Crippen LogP contribution in [0, 0.1) is 23.2 Å². The lowest BCUT2D eigenvalue weighted by molar-refractivity contribution is -0.132. The zero-order valence-electron chi connectivity index (χ0n) is 11.4. The first-order valence-electron chi connectivity index (χ1n) is 7.03. The molecule has 0 bridgehead atoms.